The highest BCUT2D eigenvalue weighted by Crippen LogP contribution is 2.32. The second-order valence-electron chi connectivity index (χ2n) is 6.50. The summed E-state index contributed by atoms with van der Waals surface area (Å²) in [6.07, 6.45) is 1.68. The van der Waals surface area contributed by atoms with Crippen LogP contribution in [0.1, 0.15) is 29.3 Å². The third-order valence-corrected chi connectivity index (χ3v) is 4.97. The number of carbonyl (C=O) groups excluding carboxylic acids is 2. The van der Waals surface area contributed by atoms with E-state index in [1.165, 1.54) is 4.90 Å². The van der Waals surface area contributed by atoms with E-state index >= 15 is 0 Å². The number of urea groups is 1. The van der Waals surface area contributed by atoms with Gasteiger partial charge in [-0.3, -0.25) is 14.7 Å². The molecule has 136 valence electrons. The van der Waals surface area contributed by atoms with Crippen molar-refractivity contribution in [1.82, 2.24) is 15.2 Å². The van der Waals surface area contributed by atoms with Crippen molar-refractivity contribution in [2.75, 3.05) is 7.11 Å². The van der Waals surface area contributed by atoms with Crippen LogP contribution < -0.4 is 10.1 Å². The Kier molecular flexibility index (Phi) is 4.63. The lowest BCUT2D eigenvalue weighted by molar-refractivity contribution is -0.131. The molecule has 0 spiro atoms. The van der Waals surface area contributed by atoms with Gasteiger partial charge in [-0.2, -0.15) is 0 Å². The summed E-state index contributed by atoms with van der Waals surface area (Å²) < 4.78 is 5.40. The van der Waals surface area contributed by atoms with E-state index < -0.39 is 11.6 Å². The van der Waals surface area contributed by atoms with Gasteiger partial charge >= 0.3 is 6.03 Å². The Hall–Kier alpha value is -2.60. The topological polar surface area (TPSA) is 71.5 Å². The third kappa shape index (κ3) is 2.90. The number of benzene rings is 1. The molecule has 26 heavy (non-hydrogen) atoms. The summed E-state index contributed by atoms with van der Waals surface area (Å²) in [6.45, 7) is 5.51. The van der Waals surface area contributed by atoms with E-state index in [0.29, 0.717) is 22.0 Å². The number of amides is 3. The van der Waals surface area contributed by atoms with Gasteiger partial charge in [0.05, 0.1) is 19.3 Å². The first-order valence-electron chi connectivity index (χ1n) is 8.17. The second-order valence-corrected chi connectivity index (χ2v) is 6.94. The number of hydrogen-bond donors (Lipinski definition) is 1. The first-order chi connectivity index (χ1) is 12.3. The van der Waals surface area contributed by atoms with E-state index in [-0.39, 0.29) is 12.5 Å². The van der Waals surface area contributed by atoms with Crippen molar-refractivity contribution >= 4 is 23.5 Å². The van der Waals surface area contributed by atoms with E-state index in [2.05, 4.69) is 10.3 Å². The first kappa shape index (κ1) is 18.2. The van der Waals surface area contributed by atoms with Crippen LogP contribution in [-0.2, 0) is 16.9 Å². The predicted molar refractivity (Wildman–Crippen MR) is 98.1 cm³/mol. The van der Waals surface area contributed by atoms with Crippen LogP contribution in [0.5, 0.6) is 5.75 Å². The maximum Gasteiger partial charge on any atom is 0.325 e. The molecular formula is C19H20ClN3O3. The fourth-order valence-corrected chi connectivity index (χ4v) is 3.41. The summed E-state index contributed by atoms with van der Waals surface area (Å²) in [7, 11) is 1.59. The van der Waals surface area contributed by atoms with Crippen molar-refractivity contribution in [2.24, 2.45) is 0 Å². The predicted octanol–water partition coefficient (Wildman–Crippen LogP) is 3.33. The number of aryl methyl sites for hydroxylation is 1. The fourth-order valence-electron chi connectivity index (χ4n) is 3.22. The van der Waals surface area contributed by atoms with Crippen molar-refractivity contribution in [1.29, 1.82) is 0 Å². The molecule has 1 atom stereocenters. The summed E-state index contributed by atoms with van der Waals surface area (Å²) in [5.41, 5.74) is 1.80. The molecule has 1 aliphatic heterocycles. The van der Waals surface area contributed by atoms with Crippen molar-refractivity contribution in [2.45, 2.75) is 32.9 Å². The van der Waals surface area contributed by atoms with Crippen molar-refractivity contribution in [3.8, 4) is 5.75 Å². The lowest BCUT2D eigenvalue weighted by Crippen LogP contribution is -2.40. The molecule has 0 bridgehead atoms. The molecule has 1 aliphatic rings. The molecule has 1 saturated heterocycles. The van der Waals surface area contributed by atoms with Gasteiger partial charge in [0.2, 0.25) is 0 Å². The minimum absolute atomic E-state index is 0.0727. The molecule has 1 aromatic heterocycles. The molecule has 1 unspecified atom stereocenters. The normalized spacial score (nSPS) is 19.7. The SMILES string of the molecule is COc1c(C)cnc(CN2C(=O)NC(C)(c3cccc(Cl)c3)C2=O)c1C. The van der Waals surface area contributed by atoms with E-state index in [4.69, 9.17) is 16.3 Å². The van der Waals surface area contributed by atoms with Gasteiger partial charge in [-0.1, -0.05) is 23.7 Å². The number of halogens is 1. The Labute approximate surface area is 157 Å². The van der Waals surface area contributed by atoms with Crippen LogP contribution in [0.25, 0.3) is 0 Å². The minimum Gasteiger partial charge on any atom is -0.496 e. The number of pyridine rings is 1. The van der Waals surface area contributed by atoms with Crippen LogP contribution in [0.2, 0.25) is 5.02 Å². The van der Waals surface area contributed by atoms with Crippen LogP contribution in [-0.4, -0.2) is 28.9 Å². The number of nitrogens with zero attached hydrogens (tertiary/aromatic N) is 2. The highest BCUT2D eigenvalue weighted by Gasteiger charge is 2.49. The van der Waals surface area contributed by atoms with Crippen molar-refractivity contribution in [3.05, 3.63) is 57.9 Å². The quantitative estimate of drug-likeness (QED) is 0.834. The summed E-state index contributed by atoms with van der Waals surface area (Å²) in [5.74, 6) is 0.366. The molecule has 7 heteroatoms. The third-order valence-electron chi connectivity index (χ3n) is 4.73. The van der Waals surface area contributed by atoms with Crippen LogP contribution in [0, 0.1) is 13.8 Å². The molecule has 1 N–H and O–H groups in total. The zero-order chi connectivity index (χ0) is 19.1. The van der Waals surface area contributed by atoms with Gasteiger partial charge in [-0.05, 0) is 38.5 Å². The summed E-state index contributed by atoms with van der Waals surface area (Å²) in [5, 5.41) is 3.28. The first-order valence-corrected chi connectivity index (χ1v) is 8.55. The van der Waals surface area contributed by atoms with Gasteiger partial charge in [-0.15, -0.1) is 0 Å². The van der Waals surface area contributed by atoms with Gasteiger partial charge in [0.25, 0.3) is 5.91 Å². The number of carbonyl (C=O) groups is 2. The lowest BCUT2D eigenvalue weighted by Gasteiger charge is -2.22. The van der Waals surface area contributed by atoms with Gasteiger partial charge < -0.3 is 10.1 Å². The Balaban J connectivity index is 1.94. The van der Waals surface area contributed by atoms with Crippen LogP contribution in [0.3, 0.4) is 0 Å². The number of rotatable bonds is 4. The molecule has 3 amide bonds. The summed E-state index contributed by atoms with van der Waals surface area (Å²) in [4.78, 5) is 31.1. The average Bonchev–Trinajstić information content (AvgIpc) is 2.82. The number of methoxy groups -OCH3 is 1. The average molecular weight is 374 g/mol. The van der Waals surface area contributed by atoms with E-state index in [1.54, 1.807) is 44.5 Å². The number of nitrogens with one attached hydrogen (secondary N) is 1. The zero-order valence-electron chi connectivity index (χ0n) is 15.1. The smallest absolute Gasteiger partial charge is 0.325 e. The largest absolute Gasteiger partial charge is 0.496 e. The van der Waals surface area contributed by atoms with Crippen LogP contribution in [0.4, 0.5) is 4.79 Å². The molecule has 0 saturated carbocycles. The Bertz CT molecular complexity index is 900. The Morgan fingerprint density at radius 2 is 2.04 bits per heavy atom. The van der Waals surface area contributed by atoms with Crippen molar-refractivity contribution in [3.63, 3.8) is 0 Å². The van der Waals surface area contributed by atoms with Crippen LogP contribution in [0.15, 0.2) is 30.5 Å². The molecule has 0 radical (unpaired) electrons. The molecule has 2 aromatic rings. The maximum absolute atomic E-state index is 13.0. The molecule has 1 aromatic carbocycles. The minimum atomic E-state index is -1.16. The standard InChI is InChI=1S/C19H20ClN3O3/c1-11-9-21-15(12(2)16(11)26-4)10-23-17(24)19(3,22-18(23)25)13-6-5-7-14(20)8-13/h5-9H,10H2,1-4H3,(H,22,25). The number of ether oxygens (including phenoxy) is 1. The monoisotopic (exact) mass is 373 g/mol. The molecular weight excluding hydrogens is 354 g/mol. The van der Waals surface area contributed by atoms with Gasteiger partial charge in [0.15, 0.2) is 0 Å². The summed E-state index contributed by atoms with van der Waals surface area (Å²) >= 11 is 6.04. The highest BCUT2D eigenvalue weighted by atomic mass is 35.5. The van der Waals surface area contributed by atoms with Crippen LogP contribution >= 0.6 is 11.6 Å². The highest BCUT2D eigenvalue weighted by molar-refractivity contribution is 6.30. The van der Waals surface area contributed by atoms with Crippen molar-refractivity contribution < 1.29 is 14.3 Å². The number of imide groups is 1. The Morgan fingerprint density at radius 3 is 2.69 bits per heavy atom. The second kappa shape index (κ2) is 6.61. The molecule has 1 fully saturated rings. The molecule has 0 aliphatic carbocycles. The zero-order valence-corrected chi connectivity index (χ0v) is 15.8. The molecule has 2 heterocycles. The number of aromatic nitrogens is 1. The van der Waals surface area contributed by atoms with Gasteiger partial charge in [0, 0.05) is 22.3 Å². The lowest BCUT2D eigenvalue weighted by atomic mass is 9.92. The maximum atomic E-state index is 13.0. The van der Waals surface area contributed by atoms with E-state index in [9.17, 15) is 9.59 Å². The fraction of sp³-hybridized carbons (Fsp3) is 0.316. The summed E-state index contributed by atoms with van der Waals surface area (Å²) in [6, 6.07) is 6.47. The van der Waals surface area contributed by atoms with E-state index in [0.717, 1.165) is 11.1 Å². The van der Waals surface area contributed by atoms with Gasteiger partial charge in [-0.25, -0.2) is 4.79 Å². The Morgan fingerprint density at radius 1 is 1.31 bits per heavy atom. The van der Waals surface area contributed by atoms with Gasteiger partial charge in [0.1, 0.15) is 11.3 Å². The number of hydrogen-bond acceptors (Lipinski definition) is 4. The molecule has 3 rings (SSSR count). The van der Waals surface area contributed by atoms with E-state index in [1.807, 2.05) is 13.8 Å². The molecule has 6 nitrogen and oxygen atoms in total.